The quantitative estimate of drug-likeness (QED) is 0.492. The van der Waals surface area contributed by atoms with E-state index in [-0.39, 0.29) is 10.7 Å². The second-order valence-corrected chi connectivity index (χ2v) is 11.2. The third-order valence-corrected chi connectivity index (χ3v) is 8.35. The van der Waals surface area contributed by atoms with E-state index in [1.54, 1.807) is 6.20 Å². The number of pyridine rings is 1. The number of benzene rings is 1. The number of hydrogen-bond acceptors (Lipinski definition) is 7. The molecule has 3 aromatic rings. The Kier molecular flexibility index (Phi) is 6.46. The Bertz CT molecular complexity index is 1230. The Balaban J connectivity index is 1.59. The molecule has 9 nitrogen and oxygen atoms in total. The summed E-state index contributed by atoms with van der Waals surface area (Å²) in [5.74, 6) is 1.76. The highest BCUT2D eigenvalue weighted by atomic mass is 32.2. The average Bonchev–Trinajstić information content (AvgIpc) is 3.54. The van der Waals surface area contributed by atoms with Gasteiger partial charge in [0.1, 0.15) is 0 Å². The maximum Gasteiger partial charge on any atom is 0.239 e. The Morgan fingerprint density at radius 1 is 1.09 bits per heavy atom. The van der Waals surface area contributed by atoms with Gasteiger partial charge in [0.15, 0.2) is 0 Å². The summed E-state index contributed by atoms with van der Waals surface area (Å²) in [6.07, 6.45) is 8.03. The van der Waals surface area contributed by atoms with Crippen molar-refractivity contribution in [1.82, 2.24) is 30.9 Å². The summed E-state index contributed by atoms with van der Waals surface area (Å²) in [7, 11) is -4.05. The summed E-state index contributed by atoms with van der Waals surface area (Å²) in [6.45, 7) is 4.19. The van der Waals surface area contributed by atoms with Gasteiger partial charge in [-0.1, -0.05) is 38.0 Å². The van der Waals surface area contributed by atoms with E-state index >= 15 is 0 Å². The van der Waals surface area contributed by atoms with Gasteiger partial charge in [0.25, 0.3) is 0 Å². The van der Waals surface area contributed by atoms with Gasteiger partial charge >= 0.3 is 0 Å². The first kappa shape index (κ1) is 23.1. The molecule has 1 unspecified atom stereocenters. The van der Waals surface area contributed by atoms with Crippen molar-refractivity contribution >= 4 is 10.0 Å². The van der Waals surface area contributed by atoms with Crippen LogP contribution in [-0.2, 0) is 16.4 Å². The van der Waals surface area contributed by atoms with Gasteiger partial charge in [-0.05, 0) is 66.5 Å². The molecule has 180 valence electrons. The van der Waals surface area contributed by atoms with E-state index in [1.807, 2.05) is 24.3 Å². The number of rotatable bonds is 6. The highest BCUT2D eigenvalue weighted by Crippen LogP contribution is 2.39. The van der Waals surface area contributed by atoms with Crippen LogP contribution in [0.15, 0.2) is 35.4 Å². The van der Waals surface area contributed by atoms with E-state index in [0.717, 1.165) is 49.5 Å². The molecule has 1 aliphatic heterocycles. The van der Waals surface area contributed by atoms with Crippen LogP contribution in [0.3, 0.4) is 0 Å². The van der Waals surface area contributed by atoms with Crippen LogP contribution in [0.5, 0.6) is 0 Å². The van der Waals surface area contributed by atoms with Crippen molar-refractivity contribution in [2.45, 2.75) is 56.3 Å². The van der Waals surface area contributed by atoms with Crippen LogP contribution in [0.1, 0.15) is 56.2 Å². The molecular weight excluding hydrogens is 450 g/mol. The molecule has 1 aromatic carbocycles. The molecule has 10 heteroatoms. The lowest BCUT2D eigenvalue weighted by Crippen LogP contribution is -2.20. The van der Waals surface area contributed by atoms with Crippen LogP contribution >= 0.6 is 0 Å². The molecule has 0 spiro atoms. The zero-order valence-electron chi connectivity index (χ0n) is 19.4. The molecule has 1 saturated carbocycles. The van der Waals surface area contributed by atoms with E-state index in [9.17, 15) is 8.42 Å². The van der Waals surface area contributed by atoms with Gasteiger partial charge in [-0.25, -0.2) is 13.6 Å². The fourth-order valence-electron chi connectivity index (χ4n) is 5.40. The normalized spacial score (nSPS) is 23.3. The summed E-state index contributed by atoms with van der Waals surface area (Å²) in [5, 5.41) is 23.6. The van der Waals surface area contributed by atoms with E-state index in [2.05, 4.69) is 37.8 Å². The Hall–Kier alpha value is -2.69. The Morgan fingerprint density at radius 3 is 2.53 bits per heavy atom. The molecule has 34 heavy (non-hydrogen) atoms. The third kappa shape index (κ3) is 4.75. The topological polar surface area (TPSA) is 140 Å². The Morgan fingerprint density at radius 2 is 1.91 bits per heavy atom. The first-order chi connectivity index (χ1) is 16.4. The van der Waals surface area contributed by atoms with Gasteiger partial charge in [0, 0.05) is 29.9 Å². The van der Waals surface area contributed by atoms with Crippen molar-refractivity contribution in [2.24, 2.45) is 17.0 Å². The van der Waals surface area contributed by atoms with Gasteiger partial charge in [0.05, 0.1) is 10.5 Å². The standard InChI is InChI=1S/C24H31N7O2S/c1-15-2-4-16(5-3-15)12-17-6-8-20(18-7-9-21(27-14-18)19-10-11-26-13-19)22(23(17)34(25,32)33)24-28-30-31-29-24/h6-9,14-16,19,26H,2-5,10-13H2,1H3,(H2,25,32,33)(H,28,29,30,31). The summed E-state index contributed by atoms with van der Waals surface area (Å²) >= 11 is 0. The number of sulfonamides is 1. The van der Waals surface area contributed by atoms with Gasteiger partial charge in [0.2, 0.25) is 15.8 Å². The highest BCUT2D eigenvalue weighted by molar-refractivity contribution is 7.89. The lowest BCUT2D eigenvalue weighted by atomic mass is 9.79. The molecule has 2 aliphatic rings. The Labute approximate surface area is 200 Å². The van der Waals surface area contributed by atoms with Gasteiger partial charge in [-0.15, -0.1) is 10.2 Å². The second-order valence-electron chi connectivity index (χ2n) is 9.75. The fourth-order valence-corrected chi connectivity index (χ4v) is 6.40. The number of nitrogens with zero attached hydrogens (tertiary/aromatic N) is 4. The molecule has 0 radical (unpaired) electrons. The number of hydrogen-bond donors (Lipinski definition) is 3. The minimum atomic E-state index is -4.05. The van der Waals surface area contributed by atoms with E-state index < -0.39 is 10.0 Å². The first-order valence-corrected chi connectivity index (χ1v) is 13.5. The van der Waals surface area contributed by atoms with Crippen LogP contribution in [0.25, 0.3) is 22.5 Å². The molecule has 2 aromatic heterocycles. The number of H-pyrrole nitrogens is 1. The third-order valence-electron chi connectivity index (χ3n) is 7.31. The average molecular weight is 482 g/mol. The highest BCUT2D eigenvalue weighted by Gasteiger charge is 2.29. The largest absolute Gasteiger partial charge is 0.316 e. The first-order valence-electron chi connectivity index (χ1n) is 12.0. The molecular formula is C24H31N7O2S. The fraction of sp³-hybridized carbons (Fsp3) is 0.500. The van der Waals surface area contributed by atoms with Crippen LogP contribution < -0.4 is 10.5 Å². The number of aromatic nitrogens is 5. The SMILES string of the molecule is CC1CCC(Cc2ccc(-c3ccc(C4CCNC4)nc3)c(-c3nn[nH]n3)c2S(N)(=O)=O)CC1. The summed E-state index contributed by atoms with van der Waals surface area (Å²) in [4.78, 5) is 4.78. The van der Waals surface area contributed by atoms with Gasteiger partial charge < -0.3 is 5.32 Å². The number of tetrazole rings is 1. The molecule has 4 N–H and O–H groups in total. The van der Waals surface area contributed by atoms with Crippen molar-refractivity contribution in [3.05, 3.63) is 41.7 Å². The maximum atomic E-state index is 12.9. The monoisotopic (exact) mass is 481 g/mol. The molecule has 3 heterocycles. The van der Waals surface area contributed by atoms with Crippen molar-refractivity contribution in [3.8, 4) is 22.5 Å². The molecule has 5 rings (SSSR count). The minimum Gasteiger partial charge on any atom is -0.316 e. The van der Waals surface area contributed by atoms with Crippen LogP contribution in [0, 0.1) is 11.8 Å². The van der Waals surface area contributed by atoms with Gasteiger partial charge in [-0.2, -0.15) is 5.21 Å². The lowest BCUT2D eigenvalue weighted by Gasteiger charge is -2.27. The lowest BCUT2D eigenvalue weighted by molar-refractivity contribution is 0.288. The van der Waals surface area contributed by atoms with E-state index in [0.29, 0.717) is 34.9 Å². The molecule has 2 fully saturated rings. The van der Waals surface area contributed by atoms with E-state index in [1.165, 1.54) is 12.8 Å². The van der Waals surface area contributed by atoms with E-state index in [4.69, 9.17) is 5.14 Å². The predicted molar refractivity (Wildman–Crippen MR) is 129 cm³/mol. The minimum absolute atomic E-state index is 0.0918. The van der Waals surface area contributed by atoms with Crippen LogP contribution in [0.2, 0.25) is 0 Å². The maximum absolute atomic E-state index is 12.9. The summed E-state index contributed by atoms with van der Waals surface area (Å²) < 4.78 is 25.9. The van der Waals surface area contributed by atoms with Crippen molar-refractivity contribution < 1.29 is 8.42 Å². The molecule has 1 saturated heterocycles. The number of nitrogens with two attached hydrogens (primary N) is 1. The van der Waals surface area contributed by atoms with Gasteiger partial charge in [-0.3, -0.25) is 4.98 Å². The molecule has 1 atom stereocenters. The van der Waals surface area contributed by atoms with Crippen molar-refractivity contribution in [2.75, 3.05) is 13.1 Å². The molecule has 0 bridgehead atoms. The van der Waals surface area contributed by atoms with Crippen LogP contribution in [0.4, 0.5) is 0 Å². The molecule has 0 amide bonds. The smallest absolute Gasteiger partial charge is 0.239 e. The van der Waals surface area contributed by atoms with Crippen molar-refractivity contribution in [1.29, 1.82) is 0 Å². The van der Waals surface area contributed by atoms with Crippen LogP contribution in [-0.4, -0.2) is 47.1 Å². The van der Waals surface area contributed by atoms with Crippen molar-refractivity contribution in [3.63, 3.8) is 0 Å². The number of primary sulfonamides is 1. The molecule has 1 aliphatic carbocycles. The number of nitrogens with one attached hydrogen (secondary N) is 2. The second kappa shape index (κ2) is 9.52. The summed E-state index contributed by atoms with van der Waals surface area (Å²) in [5.41, 5.74) is 3.60. The zero-order chi connectivity index (χ0) is 23.7. The predicted octanol–water partition coefficient (Wildman–Crippen LogP) is 3.02. The zero-order valence-corrected chi connectivity index (χ0v) is 20.2. The number of aromatic amines is 1. The summed E-state index contributed by atoms with van der Waals surface area (Å²) in [6, 6.07) is 7.83.